The van der Waals surface area contributed by atoms with Gasteiger partial charge in [-0.3, -0.25) is 10.1 Å². The fourth-order valence-corrected chi connectivity index (χ4v) is 5.65. The molecule has 4 atom stereocenters. The zero-order valence-corrected chi connectivity index (χ0v) is 21.4. The van der Waals surface area contributed by atoms with E-state index in [2.05, 4.69) is 30.9 Å². The Hall–Kier alpha value is -3.08. The zero-order chi connectivity index (χ0) is 25.7. The van der Waals surface area contributed by atoms with Crippen molar-refractivity contribution in [1.29, 1.82) is 0 Å². The molecule has 1 aliphatic heterocycles. The lowest BCUT2D eigenvalue weighted by Gasteiger charge is -2.43. The van der Waals surface area contributed by atoms with Crippen molar-refractivity contribution in [2.75, 3.05) is 32.0 Å². The van der Waals surface area contributed by atoms with Gasteiger partial charge in [-0.25, -0.2) is 9.18 Å². The van der Waals surface area contributed by atoms with Crippen LogP contribution in [0.15, 0.2) is 24.3 Å². The van der Waals surface area contributed by atoms with Gasteiger partial charge in [0, 0.05) is 39.1 Å². The smallest absolute Gasteiger partial charge is 0.321 e. The largest absolute Gasteiger partial charge is 0.343 e. The van der Waals surface area contributed by atoms with Crippen LogP contribution in [0.5, 0.6) is 0 Å². The molecule has 10 nitrogen and oxygen atoms in total. The number of nitrogens with one attached hydrogen (secondary N) is 2. The van der Waals surface area contributed by atoms with Crippen LogP contribution in [0.1, 0.15) is 44.6 Å². The van der Waals surface area contributed by atoms with E-state index in [1.165, 1.54) is 16.9 Å². The van der Waals surface area contributed by atoms with E-state index < -0.39 is 0 Å². The topological polar surface area (TPSA) is 108 Å². The number of hydrogen-bond donors (Lipinski definition) is 2. The van der Waals surface area contributed by atoms with Crippen molar-refractivity contribution < 1.29 is 14.0 Å². The van der Waals surface area contributed by atoms with Gasteiger partial charge in [-0.2, -0.15) is 4.80 Å². The lowest BCUT2D eigenvalue weighted by molar-refractivity contribution is -0.130. The van der Waals surface area contributed by atoms with Crippen LogP contribution in [0.2, 0.25) is 0 Å². The first-order valence-electron chi connectivity index (χ1n) is 12.8. The first kappa shape index (κ1) is 26.0. The van der Waals surface area contributed by atoms with Crippen LogP contribution in [-0.2, 0) is 18.3 Å². The number of tetrazole rings is 1. The molecule has 0 radical (unpaired) electrons. The van der Waals surface area contributed by atoms with Crippen molar-refractivity contribution in [3.63, 3.8) is 0 Å². The number of rotatable bonds is 7. The van der Waals surface area contributed by atoms with Gasteiger partial charge in [0.15, 0.2) is 0 Å². The SMILES string of the molecule is CC(=O)N(C)[C@@H]1CC[C@@H](NC(=O)Nc2nnn(C)n2)[C@H](CN2CCC[C@@H](Cc3ccc(F)cc3)C2)C1. The molecular formula is C25H37FN8O2. The molecule has 0 unspecified atom stereocenters. The highest BCUT2D eigenvalue weighted by Crippen LogP contribution is 2.30. The first-order valence-corrected chi connectivity index (χ1v) is 12.8. The number of carbonyl (C=O) groups is 2. The number of aromatic nitrogens is 4. The molecule has 4 rings (SSSR count). The van der Waals surface area contributed by atoms with Crippen LogP contribution in [0, 0.1) is 17.7 Å². The molecule has 1 aromatic carbocycles. The maximum Gasteiger partial charge on any atom is 0.321 e. The van der Waals surface area contributed by atoms with Gasteiger partial charge in [0.2, 0.25) is 5.91 Å². The Morgan fingerprint density at radius 3 is 2.67 bits per heavy atom. The quantitative estimate of drug-likeness (QED) is 0.605. The maximum atomic E-state index is 13.3. The molecule has 1 saturated heterocycles. The van der Waals surface area contributed by atoms with E-state index in [9.17, 15) is 14.0 Å². The number of hydrogen-bond acceptors (Lipinski definition) is 6. The maximum absolute atomic E-state index is 13.3. The standard InChI is InChI=1S/C25H37FN8O2/c1-17(35)32(2)22-10-11-23(27-25(36)28-24-29-31-33(3)30-24)20(14-22)16-34-12-4-5-19(15-34)13-18-6-8-21(26)9-7-18/h6-9,19-20,22-23H,4-5,10-16H2,1-3H3,(H2,27,28,30,36)/t19-,20-,22+,23+/m0/s1. The van der Waals surface area contributed by atoms with Crippen LogP contribution in [0.4, 0.5) is 15.1 Å². The average Bonchev–Trinajstić information content (AvgIpc) is 3.25. The molecule has 3 amide bonds. The summed E-state index contributed by atoms with van der Waals surface area (Å²) >= 11 is 0. The minimum absolute atomic E-state index is 0.0178. The number of nitrogens with zero attached hydrogens (tertiary/aromatic N) is 6. The van der Waals surface area contributed by atoms with Gasteiger partial charge < -0.3 is 15.1 Å². The van der Waals surface area contributed by atoms with Gasteiger partial charge in [-0.05, 0) is 79.8 Å². The molecule has 1 saturated carbocycles. The summed E-state index contributed by atoms with van der Waals surface area (Å²) in [5.41, 5.74) is 1.16. The zero-order valence-electron chi connectivity index (χ0n) is 21.4. The molecule has 2 aliphatic rings. The summed E-state index contributed by atoms with van der Waals surface area (Å²) in [6.07, 6.45) is 5.68. The highest BCUT2D eigenvalue weighted by atomic mass is 19.1. The van der Waals surface area contributed by atoms with Crippen LogP contribution < -0.4 is 10.6 Å². The monoisotopic (exact) mass is 500 g/mol. The van der Waals surface area contributed by atoms with Crippen molar-refractivity contribution in [3.8, 4) is 0 Å². The second-order valence-electron chi connectivity index (χ2n) is 10.3. The van der Waals surface area contributed by atoms with E-state index in [0.29, 0.717) is 5.92 Å². The lowest BCUT2D eigenvalue weighted by Crippen LogP contribution is -2.53. The minimum Gasteiger partial charge on any atom is -0.343 e. The van der Waals surface area contributed by atoms with E-state index in [1.54, 1.807) is 14.0 Å². The number of amides is 3. The Labute approximate surface area is 211 Å². The number of carbonyl (C=O) groups excluding carboxylic acids is 2. The normalized spacial score (nSPS) is 24.8. The number of piperidine rings is 1. The molecule has 2 aromatic rings. The van der Waals surface area contributed by atoms with Crippen molar-refractivity contribution in [3.05, 3.63) is 35.6 Å². The Morgan fingerprint density at radius 2 is 1.97 bits per heavy atom. The minimum atomic E-state index is -0.343. The van der Waals surface area contributed by atoms with E-state index >= 15 is 0 Å². The summed E-state index contributed by atoms with van der Waals surface area (Å²) < 4.78 is 13.3. The number of anilines is 1. The van der Waals surface area contributed by atoms with Crippen molar-refractivity contribution in [2.24, 2.45) is 18.9 Å². The number of aryl methyl sites for hydroxylation is 1. The lowest BCUT2D eigenvalue weighted by atomic mass is 9.80. The molecule has 36 heavy (non-hydrogen) atoms. The number of benzene rings is 1. The van der Waals surface area contributed by atoms with Crippen molar-refractivity contribution in [2.45, 2.75) is 57.5 Å². The molecule has 0 spiro atoms. The van der Waals surface area contributed by atoms with Gasteiger partial charge in [0.05, 0.1) is 7.05 Å². The van der Waals surface area contributed by atoms with Gasteiger partial charge in [-0.1, -0.05) is 17.2 Å². The molecular weight excluding hydrogens is 463 g/mol. The highest BCUT2D eigenvalue weighted by molar-refractivity contribution is 5.87. The van der Waals surface area contributed by atoms with Gasteiger partial charge >= 0.3 is 6.03 Å². The average molecular weight is 501 g/mol. The first-order chi connectivity index (χ1) is 17.3. The Morgan fingerprint density at radius 1 is 1.19 bits per heavy atom. The molecule has 196 valence electrons. The van der Waals surface area contributed by atoms with Gasteiger partial charge in [0.25, 0.3) is 5.95 Å². The Balaban J connectivity index is 1.39. The summed E-state index contributed by atoms with van der Waals surface area (Å²) in [6, 6.07) is 6.61. The molecule has 2 fully saturated rings. The fraction of sp³-hybridized carbons (Fsp3) is 0.640. The van der Waals surface area contributed by atoms with E-state index in [4.69, 9.17) is 0 Å². The molecule has 1 aromatic heterocycles. The Bertz CT molecular complexity index is 1030. The summed E-state index contributed by atoms with van der Waals surface area (Å²) in [5.74, 6) is 0.742. The van der Waals surface area contributed by atoms with Crippen molar-refractivity contribution >= 4 is 17.9 Å². The van der Waals surface area contributed by atoms with E-state index in [-0.39, 0.29) is 41.7 Å². The molecule has 1 aliphatic carbocycles. The number of likely N-dealkylation sites (tertiary alicyclic amines) is 1. The molecule has 11 heteroatoms. The summed E-state index contributed by atoms with van der Waals surface area (Å²) in [7, 11) is 3.50. The van der Waals surface area contributed by atoms with Gasteiger partial charge in [0.1, 0.15) is 5.82 Å². The van der Waals surface area contributed by atoms with Crippen LogP contribution in [-0.4, -0.2) is 80.7 Å². The third-order valence-electron chi connectivity index (χ3n) is 7.58. The van der Waals surface area contributed by atoms with Crippen LogP contribution in [0.3, 0.4) is 0 Å². The third kappa shape index (κ3) is 6.99. The molecule has 0 bridgehead atoms. The molecule has 2 heterocycles. The van der Waals surface area contributed by atoms with Crippen molar-refractivity contribution in [1.82, 2.24) is 35.3 Å². The fourth-order valence-electron chi connectivity index (χ4n) is 5.65. The summed E-state index contributed by atoms with van der Waals surface area (Å²) in [6.45, 7) is 4.46. The Kier molecular flexibility index (Phi) is 8.50. The predicted octanol–water partition coefficient (Wildman–Crippen LogP) is 2.44. The number of urea groups is 1. The summed E-state index contributed by atoms with van der Waals surface area (Å²) in [4.78, 5) is 30.3. The van der Waals surface area contributed by atoms with Gasteiger partial charge in [-0.15, -0.1) is 5.10 Å². The third-order valence-corrected chi connectivity index (χ3v) is 7.58. The highest BCUT2D eigenvalue weighted by Gasteiger charge is 2.36. The predicted molar refractivity (Wildman–Crippen MR) is 134 cm³/mol. The second-order valence-corrected chi connectivity index (χ2v) is 10.3. The summed E-state index contributed by atoms with van der Waals surface area (Å²) in [5, 5.41) is 17.4. The van der Waals surface area contributed by atoms with E-state index in [1.807, 2.05) is 24.1 Å². The molecule has 2 N–H and O–H groups in total. The second kappa shape index (κ2) is 11.8. The van der Waals surface area contributed by atoms with E-state index in [0.717, 1.165) is 63.7 Å². The number of halogens is 1. The van der Waals surface area contributed by atoms with Crippen LogP contribution >= 0.6 is 0 Å². The van der Waals surface area contributed by atoms with Crippen LogP contribution in [0.25, 0.3) is 0 Å².